The molecule has 1 heterocycles. The number of likely N-dealkylation sites (tertiary alicyclic amines) is 1. The molecule has 1 aliphatic rings. The molecule has 90 valence electrons. The number of rotatable bonds is 2. The number of hydrogen-bond donors (Lipinski definition) is 0. The zero-order valence-corrected chi connectivity index (χ0v) is 10.9. The van der Waals surface area contributed by atoms with Crippen molar-refractivity contribution in [1.29, 1.82) is 0 Å². The van der Waals surface area contributed by atoms with Crippen molar-refractivity contribution in [3.05, 3.63) is 35.9 Å². The lowest BCUT2D eigenvalue weighted by atomic mass is 10.1. The summed E-state index contributed by atoms with van der Waals surface area (Å²) in [4.78, 5) is 2.44. The molecule has 0 aliphatic carbocycles. The molecule has 1 aromatic carbocycles. The van der Waals surface area contributed by atoms with Gasteiger partial charge in [0.05, 0.1) is 0 Å². The second-order valence-electron chi connectivity index (χ2n) is 4.55. The molecule has 1 saturated heterocycles. The molecular formula is C15H25N. The van der Waals surface area contributed by atoms with Crippen LogP contribution in [0.25, 0.3) is 0 Å². The molecule has 0 aromatic heterocycles. The summed E-state index contributed by atoms with van der Waals surface area (Å²) in [7, 11) is 2.21. The normalized spacial score (nSPS) is 20.3. The maximum absolute atomic E-state index is 2.44. The number of hydrogen-bond acceptors (Lipinski definition) is 1. The molecule has 0 amide bonds. The Labute approximate surface area is 100 Å². The van der Waals surface area contributed by atoms with E-state index >= 15 is 0 Å². The summed E-state index contributed by atoms with van der Waals surface area (Å²) in [5.74, 6) is 0. The van der Waals surface area contributed by atoms with Crippen LogP contribution >= 0.6 is 0 Å². The van der Waals surface area contributed by atoms with E-state index in [-0.39, 0.29) is 0 Å². The molecule has 0 bridgehead atoms. The van der Waals surface area contributed by atoms with Gasteiger partial charge in [-0.1, -0.05) is 57.0 Å². The molecule has 1 aliphatic heterocycles. The molecule has 1 unspecified atom stereocenters. The molecular weight excluding hydrogens is 194 g/mol. The summed E-state index contributed by atoms with van der Waals surface area (Å²) in [5, 5.41) is 0. The first-order valence-electron chi connectivity index (χ1n) is 6.54. The van der Waals surface area contributed by atoms with Gasteiger partial charge in [0, 0.05) is 6.04 Å². The van der Waals surface area contributed by atoms with E-state index < -0.39 is 0 Å². The largest absolute Gasteiger partial charge is 0.299 e. The van der Waals surface area contributed by atoms with Crippen molar-refractivity contribution in [2.75, 3.05) is 13.6 Å². The average molecular weight is 219 g/mol. The van der Waals surface area contributed by atoms with Crippen LogP contribution < -0.4 is 0 Å². The lowest BCUT2D eigenvalue weighted by molar-refractivity contribution is 0.317. The smallest absolute Gasteiger partial charge is 0.0345 e. The highest BCUT2D eigenvalue weighted by molar-refractivity contribution is 5.19. The first kappa shape index (κ1) is 13.2. The molecule has 0 saturated carbocycles. The van der Waals surface area contributed by atoms with E-state index in [0.29, 0.717) is 6.04 Å². The monoisotopic (exact) mass is 219 g/mol. The Bertz CT molecular complexity index is 266. The fourth-order valence-corrected chi connectivity index (χ4v) is 2.01. The SMILES string of the molecule is CCCC.CN1CCCC1c1ccccc1. The summed E-state index contributed by atoms with van der Waals surface area (Å²) in [6.45, 7) is 5.61. The minimum absolute atomic E-state index is 0.672. The highest BCUT2D eigenvalue weighted by atomic mass is 15.1. The van der Waals surface area contributed by atoms with E-state index in [2.05, 4.69) is 56.1 Å². The fourth-order valence-electron chi connectivity index (χ4n) is 2.01. The van der Waals surface area contributed by atoms with Crippen molar-refractivity contribution < 1.29 is 0 Å². The minimum Gasteiger partial charge on any atom is -0.299 e. The molecule has 0 spiro atoms. The van der Waals surface area contributed by atoms with Crippen molar-refractivity contribution >= 4 is 0 Å². The third-order valence-electron chi connectivity index (χ3n) is 3.20. The van der Waals surface area contributed by atoms with E-state index in [0.717, 1.165) is 0 Å². The van der Waals surface area contributed by atoms with Gasteiger partial charge < -0.3 is 0 Å². The Kier molecular flexibility index (Phi) is 6.17. The van der Waals surface area contributed by atoms with Gasteiger partial charge >= 0.3 is 0 Å². The summed E-state index contributed by atoms with van der Waals surface area (Å²) < 4.78 is 0. The van der Waals surface area contributed by atoms with Gasteiger partial charge in [0.2, 0.25) is 0 Å². The Morgan fingerprint density at radius 2 is 1.75 bits per heavy atom. The zero-order valence-electron chi connectivity index (χ0n) is 10.9. The first-order valence-corrected chi connectivity index (χ1v) is 6.54. The summed E-state index contributed by atoms with van der Waals surface area (Å²) in [6, 6.07) is 11.5. The standard InChI is InChI=1S/C11H15N.C4H10/c1-12-9-5-8-11(12)10-6-3-2-4-7-10;1-3-4-2/h2-4,6-7,11H,5,8-9H2,1H3;3-4H2,1-2H3. The highest BCUT2D eigenvalue weighted by Crippen LogP contribution is 2.29. The Balaban J connectivity index is 0.000000280. The second kappa shape index (κ2) is 7.45. The van der Waals surface area contributed by atoms with Crippen LogP contribution in [-0.4, -0.2) is 18.5 Å². The summed E-state index contributed by atoms with van der Waals surface area (Å²) in [6.07, 6.45) is 5.30. The van der Waals surface area contributed by atoms with Gasteiger partial charge in [-0.05, 0) is 32.0 Å². The Morgan fingerprint density at radius 3 is 2.19 bits per heavy atom. The number of nitrogens with zero attached hydrogens (tertiary/aromatic N) is 1. The number of unbranched alkanes of at least 4 members (excludes halogenated alkanes) is 1. The minimum atomic E-state index is 0.672. The lowest BCUT2D eigenvalue weighted by Crippen LogP contribution is -2.17. The van der Waals surface area contributed by atoms with Gasteiger partial charge in [0.1, 0.15) is 0 Å². The third-order valence-corrected chi connectivity index (χ3v) is 3.20. The predicted octanol–water partition coefficient (Wildman–Crippen LogP) is 4.26. The van der Waals surface area contributed by atoms with Gasteiger partial charge in [-0.3, -0.25) is 4.90 Å². The van der Waals surface area contributed by atoms with Crippen LogP contribution in [0.15, 0.2) is 30.3 Å². The van der Waals surface area contributed by atoms with Crippen LogP contribution in [0.3, 0.4) is 0 Å². The number of benzene rings is 1. The van der Waals surface area contributed by atoms with Crippen LogP contribution in [-0.2, 0) is 0 Å². The summed E-state index contributed by atoms with van der Waals surface area (Å²) in [5.41, 5.74) is 1.47. The maximum atomic E-state index is 2.44. The van der Waals surface area contributed by atoms with Crippen LogP contribution in [0.1, 0.15) is 51.1 Å². The van der Waals surface area contributed by atoms with Crippen molar-refractivity contribution in [2.45, 2.75) is 45.6 Å². The van der Waals surface area contributed by atoms with Crippen molar-refractivity contribution in [1.82, 2.24) is 4.90 Å². The predicted molar refractivity (Wildman–Crippen MR) is 71.6 cm³/mol. The molecule has 16 heavy (non-hydrogen) atoms. The van der Waals surface area contributed by atoms with Crippen LogP contribution in [0.2, 0.25) is 0 Å². The molecule has 1 aromatic rings. The van der Waals surface area contributed by atoms with Crippen LogP contribution in [0, 0.1) is 0 Å². The molecule has 0 N–H and O–H groups in total. The molecule has 1 heteroatoms. The van der Waals surface area contributed by atoms with E-state index in [9.17, 15) is 0 Å². The van der Waals surface area contributed by atoms with Gasteiger partial charge in [0.15, 0.2) is 0 Å². The average Bonchev–Trinajstić information content (AvgIpc) is 2.77. The summed E-state index contributed by atoms with van der Waals surface area (Å²) >= 11 is 0. The quantitative estimate of drug-likeness (QED) is 0.718. The zero-order chi connectivity index (χ0) is 11.8. The van der Waals surface area contributed by atoms with Crippen molar-refractivity contribution in [3.8, 4) is 0 Å². The fraction of sp³-hybridized carbons (Fsp3) is 0.600. The van der Waals surface area contributed by atoms with Crippen LogP contribution in [0.5, 0.6) is 0 Å². The van der Waals surface area contributed by atoms with Crippen molar-refractivity contribution in [2.24, 2.45) is 0 Å². The topological polar surface area (TPSA) is 3.24 Å². The third kappa shape index (κ3) is 3.97. The molecule has 2 rings (SSSR count). The van der Waals surface area contributed by atoms with E-state index in [4.69, 9.17) is 0 Å². The molecule has 1 nitrogen and oxygen atoms in total. The molecule has 1 atom stereocenters. The Hall–Kier alpha value is -0.820. The molecule has 0 radical (unpaired) electrons. The Morgan fingerprint density at radius 1 is 1.12 bits per heavy atom. The second-order valence-corrected chi connectivity index (χ2v) is 4.55. The lowest BCUT2D eigenvalue weighted by Gasteiger charge is -2.19. The van der Waals surface area contributed by atoms with E-state index in [1.165, 1.54) is 37.8 Å². The maximum Gasteiger partial charge on any atom is 0.0345 e. The van der Waals surface area contributed by atoms with E-state index in [1.807, 2.05) is 0 Å². The van der Waals surface area contributed by atoms with Crippen molar-refractivity contribution in [3.63, 3.8) is 0 Å². The molecule has 1 fully saturated rings. The highest BCUT2D eigenvalue weighted by Gasteiger charge is 2.21. The van der Waals surface area contributed by atoms with E-state index in [1.54, 1.807) is 0 Å². The first-order chi connectivity index (χ1) is 7.79. The van der Waals surface area contributed by atoms with Crippen LogP contribution in [0.4, 0.5) is 0 Å². The van der Waals surface area contributed by atoms with Gasteiger partial charge in [-0.2, -0.15) is 0 Å². The van der Waals surface area contributed by atoms with Gasteiger partial charge in [-0.25, -0.2) is 0 Å². The van der Waals surface area contributed by atoms with Gasteiger partial charge in [-0.15, -0.1) is 0 Å². The van der Waals surface area contributed by atoms with Gasteiger partial charge in [0.25, 0.3) is 0 Å².